The lowest BCUT2D eigenvalue weighted by atomic mass is 10.4. The van der Waals surface area contributed by atoms with Crippen molar-refractivity contribution in [2.24, 2.45) is 0 Å². The van der Waals surface area contributed by atoms with Gasteiger partial charge in [-0.3, -0.25) is 9.36 Å². The molecule has 118 valence electrons. The Labute approximate surface area is 140 Å². The molecule has 23 heavy (non-hydrogen) atoms. The molecule has 0 spiro atoms. The molecule has 0 saturated carbocycles. The Hall–Kier alpha value is -2.45. The SMILES string of the molecule is CN(C)C(=O)c1ccc(-n2ccnc2-c2ccc(C(=O)O)s2)s1. The van der Waals surface area contributed by atoms with Gasteiger partial charge in [-0.15, -0.1) is 22.7 Å². The fourth-order valence-electron chi connectivity index (χ4n) is 2.03. The smallest absolute Gasteiger partial charge is 0.345 e. The first-order valence-electron chi connectivity index (χ1n) is 6.66. The Bertz CT molecular complexity index is 876. The summed E-state index contributed by atoms with van der Waals surface area (Å²) in [7, 11) is 3.42. The van der Waals surface area contributed by atoms with Crippen molar-refractivity contribution in [2.75, 3.05) is 14.1 Å². The highest BCUT2D eigenvalue weighted by atomic mass is 32.1. The molecule has 0 aliphatic rings. The van der Waals surface area contributed by atoms with E-state index in [9.17, 15) is 9.59 Å². The number of hydrogen-bond donors (Lipinski definition) is 1. The van der Waals surface area contributed by atoms with Crippen molar-refractivity contribution in [1.29, 1.82) is 0 Å². The second-order valence-electron chi connectivity index (χ2n) is 4.93. The van der Waals surface area contributed by atoms with Crippen LogP contribution in [-0.4, -0.2) is 45.5 Å². The number of carbonyl (C=O) groups excluding carboxylic acids is 1. The molecule has 0 aromatic carbocycles. The van der Waals surface area contributed by atoms with Crippen LogP contribution in [0.4, 0.5) is 0 Å². The maximum Gasteiger partial charge on any atom is 0.345 e. The molecule has 0 radical (unpaired) electrons. The van der Waals surface area contributed by atoms with Crippen LogP contribution in [0.15, 0.2) is 36.7 Å². The molecule has 3 aromatic rings. The van der Waals surface area contributed by atoms with Gasteiger partial charge in [0, 0.05) is 26.5 Å². The molecule has 3 aromatic heterocycles. The van der Waals surface area contributed by atoms with Crippen LogP contribution in [-0.2, 0) is 0 Å². The van der Waals surface area contributed by atoms with Crippen molar-refractivity contribution in [3.63, 3.8) is 0 Å². The van der Waals surface area contributed by atoms with Gasteiger partial charge >= 0.3 is 5.97 Å². The van der Waals surface area contributed by atoms with E-state index in [4.69, 9.17) is 5.11 Å². The van der Waals surface area contributed by atoms with E-state index in [1.807, 2.05) is 10.6 Å². The minimum absolute atomic E-state index is 0.0489. The van der Waals surface area contributed by atoms with E-state index in [1.54, 1.807) is 44.7 Å². The molecule has 1 amide bonds. The Morgan fingerprint density at radius 1 is 1.13 bits per heavy atom. The van der Waals surface area contributed by atoms with E-state index in [0.717, 1.165) is 9.88 Å². The summed E-state index contributed by atoms with van der Waals surface area (Å²) in [6, 6.07) is 6.95. The molecule has 0 saturated heterocycles. The highest BCUT2D eigenvalue weighted by molar-refractivity contribution is 7.17. The van der Waals surface area contributed by atoms with Gasteiger partial charge < -0.3 is 10.0 Å². The van der Waals surface area contributed by atoms with Gasteiger partial charge in [-0.1, -0.05) is 0 Å². The molecule has 0 bridgehead atoms. The summed E-state index contributed by atoms with van der Waals surface area (Å²) in [6.45, 7) is 0. The number of amides is 1. The zero-order valence-corrected chi connectivity index (χ0v) is 14.0. The lowest BCUT2D eigenvalue weighted by Gasteiger charge is -2.07. The summed E-state index contributed by atoms with van der Waals surface area (Å²) in [5, 5.41) is 9.90. The Morgan fingerprint density at radius 3 is 2.52 bits per heavy atom. The minimum Gasteiger partial charge on any atom is -0.477 e. The maximum absolute atomic E-state index is 12.0. The average molecular weight is 347 g/mol. The summed E-state index contributed by atoms with van der Waals surface area (Å²) in [5.41, 5.74) is 0. The van der Waals surface area contributed by atoms with E-state index in [1.165, 1.54) is 27.6 Å². The first-order valence-corrected chi connectivity index (χ1v) is 8.29. The molecule has 6 nitrogen and oxygen atoms in total. The van der Waals surface area contributed by atoms with Gasteiger partial charge in [0.1, 0.15) is 9.88 Å². The van der Waals surface area contributed by atoms with Crippen molar-refractivity contribution in [3.05, 3.63) is 46.4 Å². The Balaban J connectivity index is 1.98. The van der Waals surface area contributed by atoms with Gasteiger partial charge in [-0.05, 0) is 24.3 Å². The molecule has 1 N–H and O–H groups in total. The summed E-state index contributed by atoms with van der Waals surface area (Å²) in [5.74, 6) is -0.338. The normalized spacial score (nSPS) is 10.7. The third kappa shape index (κ3) is 2.90. The molecular formula is C15H13N3O3S2. The van der Waals surface area contributed by atoms with E-state index < -0.39 is 5.97 Å². The molecule has 0 atom stereocenters. The zero-order chi connectivity index (χ0) is 16.6. The maximum atomic E-state index is 12.0. The van der Waals surface area contributed by atoms with Crippen molar-refractivity contribution in [1.82, 2.24) is 14.5 Å². The first-order chi connectivity index (χ1) is 11.0. The largest absolute Gasteiger partial charge is 0.477 e. The van der Waals surface area contributed by atoms with E-state index in [2.05, 4.69) is 4.98 Å². The second kappa shape index (κ2) is 5.98. The highest BCUT2D eigenvalue weighted by Crippen LogP contribution is 2.31. The molecule has 0 unspecified atom stereocenters. The van der Waals surface area contributed by atoms with Gasteiger partial charge in [-0.25, -0.2) is 9.78 Å². The quantitative estimate of drug-likeness (QED) is 0.787. The summed E-state index contributed by atoms with van der Waals surface area (Å²) in [4.78, 5) is 30.6. The number of carbonyl (C=O) groups is 2. The van der Waals surface area contributed by atoms with Crippen molar-refractivity contribution >= 4 is 34.6 Å². The fourth-order valence-corrected chi connectivity index (χ4v) is 3.88. The number of rotatable bonds is 4. The number of aromatic nitrogens is 2. The molecule has 3 rings (SSSR count). The van der Waals surface area contributed by atoms with Gasteiger partial charge in [0.05, 0.1) is 9.75 Å². The molecule has 0 aliphatic carbocycles. The third-order valence-corrected chi connectivity index (χ3v) is 5.27. The number of thiophene rings is 2. The Kier molecular flexibility index (Phi) is 4.01. The fraction of sp³-hybridized carbons (Fsp3) is 0.133. The van der Waals surface area contributed by atoms with E-state index >= 15 is 0 Å². The van der Waals surface area contributed by atoms with E-state index in [-0.39, 0.29) is 10.8 Å². The molecule has 0 fully saturated rings. The topological polar surface area (TPSA) is 75.4 Å². The monoisotopic (exact) mass is 347 g/mol. The van der Waals surface area contributed by atoms with Crippen LogP contribution in [0.1, 0.15) is 19.3 Å². The van der Waals surface area contributed by atoms with Crippen molar-refractivity contribution in [2.45, 2.75) is 0 Å². The summed E-state index contributed by atoms with van der Waals surface area (Å²) in [6.07, 6.45) is 3.45. The standard InChI is InChI=1S/C15H13N3O3S2/c1-17(2)14(19)10-5-6-12(23-10)18-8-7-16-13(18)9-3-4-11(22-9)15(20)21/h3-8H,1-2H3,(H,20,21). The first kappa shape index (κ1) is 15.4. The van der Waals surface area contributed by atoms with Crippen LogP contribution >= 0.6 is 22.7 Å². The zero-order valence-electron chi connectivity index (χ0n) is 12.4. The van der Waals surface area contributed by atoms with Crippen molar-refractivity contribution in [3.8, 4) is 15.7 Å². The summed E-state index contributed by atoms with van der Waals surface area (Å²) < 4.78 is 1.86. The van der Waals surface area contributed by atoms with Gasteiger partial charge in [0.15, 0.2) is 5.82 Å². The number of hydrogen-bond acceptors (Lipinski definition) is 5. The molecule has 3 heterocycles. The number of aromatic carboxylic acids is 1. The number of carboxylic acid groups (broad SMARTS) is 1. The predicted molar refractivity (Wildman–Crippen MR) is 89.7 cm³/mol. The third-order valence-electron chi connectivity index (χ3n) is 3.12. The van der Waals surface area contributed by atoms with Crippen molar-refractivity contribution < 1.29 is 14.7 Å². The number of imidazole rings is 1. The van der Waals surface area contributed by atoms with Crippen LogP contribution in [0.2, 0.25) is 0 Å². The van der Waals surface area contributed by atoms with Crippen LogP contribution in [0.5, 0.6) is 0 Å². The second-order valence-corrected chi connectivity index (χ2v) is 7.07. The Morgan fingerprint density at radius 2 is 1.87 bits per heavy atom. The molecule has 0 aliphatic heterocycles. The van der Waals surface area contributed by atoms with Crippen LogP contribution in [0, 0.1) is 0 Å². The van der Waals surface area contributed by atoms with Crippen LogP contribution < -0.4 is 0 Å². The molecule has 8 heteroatoms. The number of carboxylic acids is 1. The van der Waals surface area contributed by atoms with Crippen LogP contribution in [0.3, 0.4) is 0 Å². The summed E-state index contributed by atoms with van der Waals surface area (Å²) >= 11 is 2.54. The van der Waals surface area contributed by atoms with Crippen LogP contribution in [0.25, 0.3) is 15.7 Å². The van der Waals surface area contributed by atoms with Gasteiger partial charge in [-0.2, -0.15) is 0 Å². The van der Waals surface area contributed by atoms with E-state index in [0.29, 0.717) is 10.7 Å². The molecular weight excluding hydrogens is 334 g/mol. The lowest BCUT2D eigenvalue weighted by Crippen LogP contribution is -2.20. The minimum atomic E-state index is -0.950. The highest BCUT2D eigenvalue weighted by Gasteiger charge is 2.16. The lowest BCUT2D eigenvalue weighted by molar-refractivity contribution is 0.0701. The van der Waals surface area contributed by atoms with Gasteiger partial charge in [0.25, 0.3) is 5.91 Å². The van der Waals surface area contributed by atoms with Gasteiger partial charge in [0.2, 0.25) is 0 Å². The predicted octanol–water partition coefficient (Wildman–Crippen LogP) is 3.06. The average Bonchev–Trinajstić information content (AvgIpc) is 3.23. The number of nitrogens with zero attached hydrogens (tertiary/aromatic N) is 3.